The SMILES string of the molecule is COCCOCC(O)COc1csc(C(=O)O)c1. The van der Waals surface area contributed by atoms with Crippen LogP contribution >= 0.6 is 11.3 Å². The van der Waals surface area contributed by atoms with E-state index in [4.69, 9.17) is 19.3 Å². The molecule has 1 heterocycles. The van der Waals surface area contributed by atoms with Crippen LogP contribution in [0.1, 0.15) is 9.67 Å². The zero-order valence-corrected chi connectivity index (χ0v) is 10.8. The molecular weight excluding hydrogens is 260 g/mol. The van der Waals surface area contributed by atoms with Gasteiger partial charge in [0, 0.05) is 18.6 Å². The second kappa shape index (κ2) is 8.04. The molecule has 0 bridgehead atoms. The molecule has 1 aromatic heterocycles. The van der Waals surface area contributed by atoms with E-state index >= 15 is 0 Å². The van der Waals surface area contributed by atoms with Crippen LogP contribution in [0.3, 0.4) is 0 Å². The number of rotatable bonds is 9. The number of ether oxygens (including phenoxy) is 3. The summed E-state index contributed by atoms with van der Waals surface area (Å²) in [7, 11) is 1.57. The van der Waals surface area contributed by atoms with Gasteiger partial charge in [0.1, 0.15) is 23.3 Å². The Balaban J connectivity index is 2.20. The lowest BCUT2D eigenvalue weighted by atomic mass is 10.4. The van der Waals surface area contributed by atoms with Crippen molar-refractivity contribution in [3.63, 3.8) is 0 Å². The van der Waals surface area contributed by atoms with Gasteiger partial charge in [0.2, 0.25) is 0 Å². The lowest BCUT2D eigenvalue weighted by molar-refractivity contribution is -0.00413. The number of methoxy groups -OCH3 is 1. The van der Waals surface area contributed by atoms with Crippen LogP contribution in [0.25, 0.3) is 0 Å². The molecule has 1 atom stereocenters. The minimum atomic E-state index is -0.988. The van der Waals surface area contributed by atoms with Crippen molar-refractivity contribution >= 4 is 17.3 Å². The predicted octanol–water partition coefficient (Wildman–Crippen LogP) is 0.849. The molecule has 0 aliphatic carbocycles. The molecule has 7 heteroatoms. The normalized spacial score (nSPS) is 12.3. The highest BCUT2D eigenvalue weighted by Crippen LogP contribution is 2.21. The average Bonchev–Trinajstić information content (AvgIpc) is 2.81. The van der Waals surface area contributed by atoms with Crippen molar-refractivity contribution in [2.75, 3.05) is 33.5 Å². The first-order chi connectivity index (χ1) is 8.63. The Morgan fingerprint density at radius 3 is 2.83 bits per heavy atom. The lowest BCUT2D eigenvalue weighted by Gasteiger charge is -2.11. The molecule has 1 rings (SSSR count). The largest absolute Gasteiger partial charge is 0.490 e. The molecule has 0 amide bonds. The van der Waals surface area contributed by atoms with Gasteiger partial charge in [-0.05, 0) is 0 Å². The maximum Gasteiger partial charge on any atom is 0.346 e. The molecule has 0 saturated carbocycles. The highest BCUT2D eigenvalue weighted by Gasteiger charge is 2.10. The number of carboxylic acids is 1. The van der Waals surface area contributed by atoms with Crippen molar-refractivity contribution in [1.82, 2.24) is 0 Å². The van der Waals surface area contributed by atoms with Gasteiger partial charge in [0.05, 0.1) is 19.8 Å². The smallest absolute Gasteiger partial charge is 0.346 e. The van der Waals surface area contributed by atoms with Crippen molar-refractivity contribution in [3.8, 4) is 5.75 Å². The van der Waals surface area contributed by atoms with Gasteiger partial charge in [0.25, 0.3) is 0 Å². The van der Waals surface area contributed by atoms with Crippen molar-refractivity contribution in [2.45, 2.75) is 6.10 Å². The van der Waals surface area contributed by atoms with Gasteiger partial charge >= 0.3 is 5.97 Å². The van der Waals surface area contributed by atoms with Crippen molar-refractivity contribution in [3.05, 3.63) is 16.3 Å². The van der Waals surface area contributed by atoms with Gasteiger partial charge < -0.3 is 24.4 Å². The molecule has 18 heavy (non-hydrogen) atoms. The average molecular weight is 276 g/mol. The summed E-state index contributed by atoms with van der Waals surface area (Å²) >= 11 is 1.08. The zero-order valence-electron chi connectivity index (χ0n) is 10.00. The van der Waals surface area contributed by atoms with Crippen molar-refractivity contribution in [2.24, 2.45) is 0 Å². The Morgan fingerprint density at radius 2 is 2.22 bits per heavy atom. The molecule has 0 radical (unpaired) electrons. The number of aliphatic hydroxyl groups is 1. The van der Waals surface area contributed by atoms with E-state index in [2.05, 4.69) is 0 Å². The van der Waals surface area contributed by atoms with Crippen LogP contribution in [0.2, 0.25) is 0 Å². The second-order valence-corrected chi connectivity index (χ2v) is 4.40. The third-order valence-corrected chi connectivity index (χ3v) is 2.87. The van der Waals surface area contributed by atoms with Crippen LogP contribution in [-0.2, 0) is 9.47 Å². The quantitative estimate of drug-likeness (QED) is 0.650. The number of hydrogen-bond acceptors (Lipinski definition) is 6. The summed E-state index contributed by atoms with van der Waals surface area (Å²) in [6.45, 7) is 1.09. The first-order valence-corrected chi connectivity index (χ1v) is 6.21. The Hall–Kier alpha value is -1.15. The highest BCUT2D eigenvalue weighted by atomic mass is 32.1. The summed E-state index contributed by atoms with van der Waals surface area (Å²) in [6, 6.07) is 1.42. The van der Waals surface area contributed by atoms with Crippen LogP contribution in [-0.4, -0.2) is 55.8 Å². The molecule has 0 aliphatic rings. The molecule has 0 aromatic carbocycles. The topological polar surface area (TPSA) is 85.2 Å². The number of carboxylic acid groups (broad SMARTS) is 1. The highest BCUT2D eigenvalue weighted by molar-refractivity contribution is 7.12. The third kappa shape index (κ3) is 5.46. The Morgan fingerprint density at radius 1 is 1.44 bits per heavy atom. The van der Waals surface area contributed by atoms with E-state index in [0.29, 0.717) is 19.0 Å². The molecule has 0 aliphatic heterocycles. The molecule has 2 N–H and O–H groups in total. The lowest BCUT2D eigenvalue weighted by Crippen LogP contribution is -2.24. The molecule has 0 saturated heterocycles. The number of carbonyl (C=O) groups is 1. The monoisotopic (exact) mass is 276 g/mol. The number of aromatic carboxylic acids is 1. The molecule has 1 aromatic rings. The van der Waals surface area contributed by atoms with E-state index in [-0.39, 0.29) is 18.1 Å². The molecular formula is C11H16O6S. The first kappa shape index (κ1) is 14.9. The summed E-state index contributed by atoms with van der Waals surface area (Å²) in [4.78, 5) is 10.8. The Kier molecular flexibility index (Phi) is 6.66. The second-order valence-electron chi connectivity index (χ2n) is 3.48. The summed E-state index contributed by atoms with van der Waals surface area (Å²) in [5, 5.41) is 19.8. The molecule has 6 nitrogen and oxygen atoms in total. The molecule has 0 spiro atoms. The number of hydrogen-bond donors (Lipinski definition) is 2. The van der Waals surface area contributed by atoms with Gasteiger partial charge in [-0.2, -0.15) is 0 Å². The summed E-state index contributed by atoms with van der Waals surface area (Å²) in [5.41, 5.74) is 0. The van der Waals surface area contributed by atoms with Gasteiger partial charge in [-0.3, -0.25) is 0 Å². The van der Waals surface area contributed by atoms with Crippen LogP contribution in [0.4, 0.5) is 0 Å². The molecule has 0 fully saturated rings. The fraction of sp³-hybridized carbons (Fsp3) is 0.545. The number of thiophene rings is 1. The first-order valence-electron chi connectivity index (χ1n) is 5.33. The van der Waals surface area contributed by atoms with Gasteiger partial charge in [0.15, 0.2) is 0 Å². The summed E-state index contributed by atoms with van der Waals surface area (Å²) in [6.07, 6.45) is -0.755. The van der Waals surface area contributed by atoms with Crippen molar-refractivity contribution < 1.29 is 29.2 Å². The van der Waals surface area contributed by atoms with E-state index in [1.54, 1.807) is 12.5 Å². The Labute approximate surface area is 109 Å². The van der Waals surface area contributed by atoms with E-state index < -0.39 is 12.1 Å². The van der Waals surface area contributed by atoms with E-state index in [1.807, 2.05) is 0 Å². The standard InChI is InChI=1S/C11H16O6S/c1-15-2-3-16-5-8(12)6-17-9-4-10(11(13)14)18-7-9/h4,7-8,12H,2-3,5-6H2,1H3,(H,13,14). The molecule has 1 unspecified atom stereocenters. The van der Waals surface area contributed by atoms with Gasteiger partial charge in [-0.25, -0.2) is 4.79 Å². The maximum absolute atomic E-state index is 10.6. The minimum absolute atomic E-state index is 0.0583. The van der Waals surface area contributed by atoms with Crippen LogP contribution in [0.15, 0.2) is 11.4 Å². The summed E-state index contributed by atoms with van der Waals surface area (Å²) < 4.78 is 15.1. The van der Waals surface area contributed by atoms with E-state index in [9.17, 15) is 9.90 Å². The third-order valence-electron chi connectivity index (χ3n) is 1.97. The van der Waals surface area contributed by atoms with Crippen LogP contribution in [0, 0.1) is 0 Å². The van der Waals surface area contributed by atoms with Crippen LogP contribution in [0.5, 0.6) is 5.75 Å². The van der Waals surface area contributed by atoms with Gasteiger partial charge in [-0.15, -0.1) is 11.3 Å². The fourth-order valence-electron chi connectivity index (χ4n) is 1.11. The van der Waals surface area contributed by atoms with E-state index in [0.717, 1.165) is 11.3 Å². The fourth-order valence-corrected chi connectivity index (χ4v) is 1.77. The van der Waals surface area contributed by atoms with Gasteiger partial charge in [-0.1, -0.05) is 0 Å². The maximum atomic E-state index is 10.6. The Bertz CT molecular complexity index is 364. The van der Waals surface area contributed by atoms with Crippen molar-refractivity contribution in [1.29, 1.82) is 0 Å². The minimum Gasteiger partial charge on any atom is -0.490 e. The zero-order chi connectivity index (χ0) is 13.4. The summed E-state index contributed by atoms with van der Waals surface area (Å²) in [5.74, 6) is -0.549. The molecule has 102 valence electrons. The van der Waals surface area contributed by atoms with Crippen LogP contribution < -0.4 is 4.74 Å². The predicted molar refractivity (Wildman–Crippen MR) is 65.5 cm³/mol. The number of aliphatic hydroxyl groups excluding tert-OH is 1. The van der Waals surface area contributed by atoms with E-state index in [1.165, 1.54) is 6.07 Å².